The van der Waals surface area contributed by atoms with Gasteiger partial charge in [0, 0.05) is 10.6 Å². The molecule has 0 unspecified atom stereocenters. The van der Waals surface area contributed by atoms with Gasteiger partial charge in [0.1, 0.15) is 18.0 Å². The molecule has 1 amide bonds. The molecule has 0 radical (unpaired) electrons. The lowest BCUT2D eigenvalue weighted by atomic mass is 10.1. The molecule has 0 aromatic heterocycles. The molecule has 0 saturated carbocycles. The van der Waals surface area contributed by atoms with Gasteiger partial charge in [-0.3, -0.25) is 9.10 Å². The van der Waals surface area contributed by atoms with Gasteiger partial charge >= 0.3 is 0 Å². The van der Waals surface area contributed by atoms with E-state index in [1.54, 1.807) is 69.5 Å². The summed E-state index contributed by atoms with van der Waals surface area (Å²) in [6, 6.07) is 16.2. The number of sulfonamides is 1. The molecule has 0 spiro atoms. The molecule has 186 valence electrons. The Labute approximate surface area is 211 Å². The minimum absolute atomic E-state index is 0.0813. The summed E-state index contributed by atoms with van der Waals surface area (Å²) < 4.78 is 39.1. The van der Waals surface area contributed by atoms with E-state index in [1.165, 1.54) is 19.2 Å². The van der Waals surface area contributed by atoms with Crippen molar-refractivity contribution in [2.24, 2.45) is 0 Å². The number of carbonyl (C=O) groups excluding carboxylic acids is 1. The summed E-state index contributed by atoms with van der Waals surface area (Å²) in [5, 5.41) is 3.24. The first kappa shape index (κ1) is 26.4. The van der Waals surface area contributed by atoms with Gasteiger partial charge in [0.2, 0.25) is 5.91 Å². The molecule has 0 fully saturated rings. The number of nitrogens with one attached hydrogen (secondary N) is 1. The second kappa shape index (κ2) is 11.0. The van der Waals surface area contributed by atoms with Gasteiger partial charge in [-0.1, -0.05) is 35.4 Å². The topological polar surface area (TPSA) is 84.9 Å². The van der Waals surface area contributed by atoms with Crippen molar-refractivity contribution < 1.29 is 22.7 Å². The number of carbonyl (C=O) groups is 1. The van der Waals surface area contributed by atoms with Gasteiger partial charge in [-0.25, -0.2) is 8.42 Å². The highest BCUT2D eigenvalue weighted by molar-refractivity contribution is 7.92. The maximum atomic E-state index is 13.6. The first-order valence-electron chi connectivity index (χ1n) is 10.9. The minimum Gasteiger partial charge on any atom is -0.497 e. The van der Waals surface area contributed by atoms with Crippen LogP contribution in [-0.4, -0.2) is 35.1 Å². The first-order chi connectivity index (χ1) is 16.6. The molecule has 7 nitrogen and oxygen atoms in total. The molecule has 9 heteroatoms. The summed E-state index contributed by atoms with van der Waals surface area (Å²) in [4.78, 5) is 13.3. The Morgan fingerprint density at radius 1 is 1.00 bits per heavy atom. The smallest absolute Gasteiger partial charge is 0.264 e. The van der Waals surface area contributed by atoms with E-state index in [4.69, 9.17) is 21.1 Å². The first-order valence-corrected chi connectivity index (χ1v) is 12.8. The molecule has 0 aliphatic rings. The lowest BCUT2D eigenvalue weighted by molar-refractivity contribution is -0.120. The zero-order valence-corrected chi connectivity index (χ0v) is 21.9. The van der Waals surface area contributed by atoms with E-state index >= 15 is 0 Å². The van der Waals surface area contributed by atoms with E-state index in [-0.39, 0.29) is 4.90 Å². The lowest BCUT2D eigenvalue weighted by Gasteiger charge is -2.27. The van der Waals surface area contributed by atoms with E-state index < -0.39 is 28.5 Å². The van der Waals surface area contributed by atoms with E-state index in [2.05, 4.69) is 5.32 Å². The van der Waals surface area contributed by atoms with Crippen LogP contribution < -0.4 is 19.1 Å². The summed E-state index contributed by atoms with van der Waals surface area (Å²) in [6.07, 6.45) is 0. The Hall–Kier alpha value is -3.23. The number of hydrogen-bond donors (Lipinski definition) is 1. The standard InChI is InChI=1S/C26H29ClN2O5S/c1-17-6-11-22(12-7-17)35(31,32)29(24-14-20(27)9-8-18(24)2)16-26(30)28-19(3)23-15-21(33-4)10-13-25(23)34-5/h6-15,19H,16H2,1-5H3,(H,28,30)/t19-/m1/s1. The maximum Gasteiger partial charge on any atom is 0.264 e. The van der Waals surface area contributed by atoms with Crippen LogP contribution in [0, 0.1) is 13.8 Å². The van der Waals surface area contributed by atoms with Gasteiger partial charge < -0.3 is 14.8 Å². The maximum absolute atomic E-state index is 13.6. The molecule has 3 aromatic carbocycles. The molecule has 3 rings (SSSR count). The number of ether oxygens (including phenoxy) is 2. The lowest BCUT2D eigenvalue weighted by Crippen LogP contribution is -2.42. The summed E-state index contributed by atoms with van der Waals surface area (Å²) >= 11 is 6.19. The van der Waals surface area contributed by atoms with E-state index in [0.29, 0.717) is 33.3 Å². The number of benzene rings is 3. The van der Waals surface area contributed by atoms with Crippen LogP contribution in [0.2, 0.25) is 5.02 Å². The third-order valence-electron chi connectivity index (χ3n) is 5.62. The second-order valence-corrected chi connectivity index (χ2v) is 10.5. The van der Waals surface area contributed by atoms with Crippen molar-refractivity contribution >= 4 is 33.2 Å². The van der Waals surface area contributed by atoms with Crippen molar-refractivity contribution in [3.8, 4) is 11.5 Å². The summed E-state index contributed by atoms with van der Waals surface area (Å²) in [6.45, 7) is 4.99. The quantitative estimate of drug-likeness (QED) is 0.430. The van der Waals surface area contributed by atoms with Gasteiger partial charge in [-0.15, -0.1) is 0 Å². The van der Waals surface area contributed by atoms with Crippen LogP contribution in [0.1, 0.15) is 29.7 Å². The van der Waals surface area contributed by atoms with Gasteiger partial charge in [0.25, 0.3) is 10.0 Å². The highest BCUT2D eigenvalue weighted by Gasteiger charge is 2.29. The SMILES string of the molecule is COc1ccc(OC)c([C@@H](C)NC(=O)CN(c2cc(Cl)ccc2C)S(=O)(=O)c2ccc(C)cc2)c1. The van der Waals surface area contributed by atoms with Crippen molar-refractivity contribution in [1.82, 2.24) is 5.32 Å². The van der Waals surface area contributed by atoms with E-state index in [9.17, 15) is 13.2 Å². The Bertz CT molecular complexity index is 1310. The average molecular weight is 517 g/mol. The molecule has 3 aromatic rings. The normalized spacial score (nSPS) is 12.1. The van der Waals surface area contributed by atoms with Crippen LogP contribution >= 0.6 is 11.6 Å². The van der Waals surface area contributed by atoms with E-state index in [0.717, 1.165) is 9.87 Å². The third-order valence-corrected chi connectivity index (χ3v) is 7.63. The van der Waals surface area contributed by atoms with Crippen molar-refractivity contribution in [1.29, 1.82) is 0 Å². The summed E-state index contributed by atoms with van der Waals surface area (Å²) in [7, 11) is -0.969. The van der Waals surface area contributed by atoms with Crippen LogP contribution in [-0.2, 0) is 14.8 Å². The van der Waals surface area contributed by atoms with Crippen LogP contribution in [0.3, 0.4) is 0 Å². The number of halogens is 1. The third kappa shape index (κ3) is 6.07. The number of hydrogen-bond acceptors (Lipinski definition) is 5. The fourth-order valence-corrected chi connectivity index (χ4v) is 5.31. The minimum atomic E-state index is -4.06. The van der Waals surface area contributed by atoms with Crippen molar-refractivity contribution in [2.45, 2.75) is 31.7 Å². The number of methoxy groups -OCH3 is 2. The molecule has 0 saturated heterocycles. The highest BCUT2D eigenvalue weighted by atomic mass is 35.5. The van der Waals surface area contributed by atoms with Crippen LogP contribution in [0.5, 0.6) is 11.5 Å². The Kier molecular flexibility index (Phi) is 8.30. The van der Waals surface area contributed by atoms with Gasteiger partial charge in [0.05, 0.1) is 30.8 Å². The number of anilines is 1. The zero-order chi connectivity index (χ0) is 25.8. The molecule has 0 aliphatic heterocycles. The fourth-order valence-electron chi connectivity index (χ4n) is 3.66. The Morgan fingerprint density at radius 2 is 1.69 bits per heavy atom. The van der Waals surface area contributed by atoms with Crippen molar-refractivity contribution in [2.75, 3.05) is 25.1 Å². The molecule has 0 aliphatic carbocycles. The zero-order valence-electron chi connectivity index (χ0n) is 20.3. The number of nitrogens with zero attached hydrogens (tertiary/aromatic N) is 1. The van der Waals surface area contributed by atoms with Crippen LogP contribution in [0.15, 0.2) is 65.6 Å². The molecular weight excluding hydrogens is 488 g/mol. The Morgan fingerprint density at radius 3 is 2.31 bits per heavy atom. The van der Waals surface area contributed by atoms with Gasteiger partial charge in [0.15, 0.2) is 0 Å². The molecular formula is C26H29ClN2O5S. The fraction of sp³-hybridized carbons (Fsp3) is 0.269. The predicted octanol–water partition coefficient (Wildman–Crippen LogP) is 5.05. The second-order valence-electron chi connectivity index (χ2n) is 8.15. The highest BCUT2D eigenvalue weighted by Crippen LogP contribution is 2.31. The number of amides is 1. The molecule has 0 heterocycles. The van der Waals surface area contributed by atoms with E-state index in [1.807, 2.05) is 6.92 Å². The van der Waals surface area contributed by atoms with Gasteiger partial charge in [-0.2, -0.15) is 0 Å². The predicted molar refractivity (Wildman–Crippen MR) is 138 cm³/mol. The number of rotatable bonds is 9. The molecule has 1 N–H and O–H groups in total. The van der Waals surface area contributed by atoms with Gasteiger partial charge in [-0.05, 0) is 68.8 Å². The Balaban J connectivity index is 1.96. The molecule has 35 heavy (non-hydrogen) atoms. The monoisotopic (exact) mass is 516 g/mol. The average Bonchev–Trinajstić information content (AvgIpc) is 2.83. The number of aryl methyl sites for hydroxylation is 2. The van der Waals surface area contributed by atoms with Crippen LogP contribution in [0.25, 0.3) is 0 Å². The van der Waals surface area contributed by atoms with Crippen LogP contribution in [0.4, 0.5) is 5.69 Å². The largest absolute Gasteiger partial charge is 0.497 e. The summed E-state index contributed by atoms with van der Waals surface area (Å²) in [5.74, 6) is 0.700. The molecule has 0 bridgehead atoms. The van der Waals surface area contributed by atoms with Crippen molar-refractivity contribution in [3.05, 3.63) is 82.4 Å². The molecule has 1 atom stereocenters. The summed E-state index contributed by atoms with van der Waals surface area (Å²) in [5.41, 5.74) is 2.63. The van der Waals surface area contributed by atoms with Crippen molar-refractivity contribution in [3.63, 3.8) is 0 Å².